The summed E-state index contributed by atoms with van der Waals surface area (Å²) >= 11 is 7.79. The first-order chi connectivity index (χ1) is 19.4. The van der Waals surface area contributed by atoms with Gasteiger partial charge >= 0.3 is 0 Å². The SMILES string of the molecule is CCCCCC(Br)c1ccccc1C(Br)CCCCC.CCCCCC(C)c1ccccc1C(C)CCCCC. The Morgan fingerprint density at radius 1 is 0.425 bits per heavy atom. The van der Waals surface area contributed by atoms with Gasteiger partial charge in [-0.05, 0) is 59.8 Å². The van der Waals surface area contributed by atoms with E-state index in [1.165, 1.54) is 114 Å². The third kappa shape index (κ3) is 15.0. The Balaban J connectivity index is 0.000000400. The summed E-state index contributed by atoms with van der Waals surface area (Å²) in [6, 6.07) is 18.1. The Morgan fingerprint density at radius 2 is 0.700 bits per heavy atom. The molecule has 0 saturated carbocycles. The minimum atomic E-state index is 0.497. The van der Waals surface area contributed by atoms with Gasteiger partial charge in [0, 0.05) is 9.65 Å². The molecule has 228 valence electrons. The van der Waals surface area contributed by atoms with Gasteiger partial charge in [0.1, 0.15) is 0 Å². The maximum Gasteiger partial charge on any atom is 0.0398 e. The lowest BCUT2D eigenvalue weighted by Crippen LogP contribution is -2.03. The second-order valence-corrected chi connectivity index (χ2v) is 14.2. The van der Waals surface area contributed by atoms with Crippen molar-refractivity contribution in [2.45, 2.75) is 166 Å². The third-order valence-electron chi connectivity index (χ3n) is 8.33. The molecule has 0 bridgehead atoms. The van der Waals surface area contributed by atoms with Gasteiger partial charge in [-0.3, -0.25) is 0 Å². The van der Waals surface area contributed by atoms with Crippen molar-refractivity contribution in [3.8, 4) is 0 Å². The summed E-state index contributed by atoms with van der Waals surface area (Å²) in [4.78, 5) is 0.993. The molecule has 2 aromatic rings. The van der Waals surface area contributed by atoms with E-state index in [1.807, 2.05) is 0 Å². The second kappa shape index (κ2) is 23.9. The molecule has 40 heavy (non-hydrogen) atoms. The highest BCUT2D eigenvalue weighted by molar-refractivity contribution is 9.09. The van der Waals surface area contributed by atoms with E-state index in [0.717, 1.165) is 0 Å². The van der Waals surface area contributed by atoms with Gasteiger partial charge in [0.2, 0.25) is 0 Å². The van der Waals surface area contributed by atoms with Crippen molar-refractivity contribution in [2.75, 3.05) is 0 Å². The summed E-state index contributed by atoms with van der Waals surface area (Å²) in [7, 11) is 0. The lowest BCUT2D eigenvalue weighted by molar-refractivity contribution is 0.569. The first kappa shape index (κ1) is 37.4. The number of rotatable bonds is 20. The molecular weight excluding hydrogens is 616 g/mol. The Labute approximate surface area is 267 Å². The van der Waals surface area contributed by atoms with E-state index in [0.29, 0.717) is 21.5 Å². The molecule has 0 aliphatic carbocycles. The molecule has 0 aliphatic rings. The van der Waals surface area contributed by atoms with Crippen LogP contribution < -0.4 is 0 Å². The standard InChI is InChI=1S/C20H34.C18H28Br2/c1-5-7-9-13-17(3)19-15-11-12-16-20(19)18(4)14-10-8-6-2;1-3-5-7-13-17(19)15-11-9-10-12-16(15)18(20)14-8-6-4-2/h11-12,15-18H,5-10,13-14H2,1-4H3;9-12,17-18H,3-8,13-14H2,1-2H3. The Bertz CT molecular complexity index is 719. The molecule has 0 fully saturated rings. The van der Waals surface area contributed by atoms with Crippen LogP contribution in [0, 0.1) is 0 Å². The predicted octanol–water partition coefficient (Wildman–Crippen LogP) is 14.8. The molecule has 4 atom stereocenters. The summed E-state index contributed by atoms with van der Waals surface area (Å²) in [5.41, 5.74) is 6.16. The number of benzene rings is 2. The number of hydrogen-bond donors (Lipinski definition) is 0. The van der Waals surface area contributed by atoms with Crippen molar-refractivity contribution in [1.29, 1.82) is 0 Å². The number of unbranched alkanes of at least 4 members (excludes halogenated alkanes) is 8. The summed E-state index contributed by atoms with van der Waals surface area (Å²) in [6.07, 6.45) is 21.1. The average molecular weight is 679 g/mol. The highest BCUT2D eigenvalue weighted by Crippen LogP contribution is 2.38. The van der Waals surface area contributed by atoms with E-state index in [2.05, 4.69) is 122 Å². The first-order valence-corrected chi connectivity index (χ1v) is 18.7. The predicted molar refractivity (Wildman–Crippen MR) is 190 cm³/mol. The highest BCUT2D eigenvalue weighted by Gasteiger charge is 2.17. The molecule has 0 N–H and O–H groups in total. The third-order valence-corrected chi connectivity index (χ3v) is 10.2. The first-order valence-electron chi connectivity index (χ1n) is 16.9. The maximum absolute atomic E-state index is 3.90. The molecule has 2 rings (SSSR count). The van der Waals surface area contributed by atoms with Crippen LogP contribution in [0.5, 0.6) is 0 Å². The lowest BCUT2D eigenvalue weighted by Gasteiger charge is -2.21. The van der Waals surface area contributed by atoms with Crippen molar-refractivity contribution in [1.82, 2.24) is 0 Å². The molecule has 0 spiro atoms. The number of alkyl halides is 2. The monoisotopic (exact) mass is 676 g/mol. The van der Waals surface area contributed by atoms with E-state index in [1.54, 1.807) is 11.1 Å². The molecule has 4 unspecified atom stereocenters. The summed E-state index contributed by atoms with van der Waals surface area (Å²) in [6.45, 7) is 13.9. The van der Waals surface area contributed by atoms with Gasteiger partial charge in [0.15, 0.2) is 0 Å². The van der Waals surface area contributed by atoms with Gasteiger partial charge in [0.25, 0.3) is 0 Å². The summed E-state index contributed by atoms with van der Waals surface area (Å²) in [5.74, 6) is 1.43. The fraction of sp³-hybridized carbons (Fsp3) is 0.684. The molecule has 0 saturated heterocycles. The molecule has 0 amide bonds. The normalized spacial score (nSPS) is 14.2. The number of hydrogen-bond acceptors (Lipinski definition) is 0. The zero-order valence-electron chi connectivity index (χ0n) is 27.0. The van der Waals surface area contributed by atoms with Crippen LogP contribution >= 0.6 is 31.9 Å². The zero-order valence-corrected chi connectivity index (χ0v) is 30.2. The number of halogens is 2. The molecule has 0 radical (unpaired) electrons. The van der Waals surface area contributed by atoms with Gasteiger partial charge in [0.05, 0.1) is 0 Å². The molecule has 0 nitrogen and oxygen atoms in total. The van der Waals surface area contributed by atoms with Crippen molar-refractivity contribution in [3.05, 3.63) is 70.8 Å². The molecular formula is C38H62Br2. The minimum Gasteiger partial charge on any atom is -0.0839 e. The van der Waals surface area contributed by atoms with Gasteiger partial charge in [-0.1, -0.05) is 199 Å². The quantitative estimate of drug-likeness (QED) is 0.0966. The Hall–Kier alpha value is -0.600. The van der Waals surface area contributed by atoms with Crippen molar-refractivity contribution < 1.29 is 0 Å². The minimum absolute atomic E-state index is 0.497. The van der Waals surface area contributed by atoms with E-state index >= 15 is 0 Å². The van der Waals surface area contributed by atoms with Crippen LogP contribution in [0.15, 0.2) is 48.5 Å². The van der Waals surface area contributed by atoms with Crippen LogP contribution in [-0.2, 0) is 0 Å². The van der Waals surface area contributed by atoms with Crippen LogP contribution in [0.4, 0.5) is 0 Å². The second-order valence-electron chi connectivity index (χ2n) is 12.0. The van der Waals surface area contributed by atoms with Crippen LogP contribution in [0.25, 0.3) is 0 Å². The molecule has 0 aromatic heterocycles. The van der Waals surface area contributed by atoms with Crippen molar-refractivity contribution in [3.63, 3.8) is 0 Å². The van der Waals surface area contributed by atoms with E-state index < -0.39 is 0 Å². The highest BCUT2D eigenvalue weighted by atomic mass is 79.9. The Kier molecular flexibility index (Phi) is 22.4. The fourth-order valence-electron chi connectivity index (χ4n) is 5.66. The molecule has 2 heteroatoms. The van der Waals surface area contributed by atoms with Gasteiger partial charge < -0.3 is 0 Å². The molecule has 2 aromatic carbocycles. The van der Waals surface area contributed by atoms with Crippen LogP contribution in [-0.4, -0.2) is 0 Å². The van der Waals surface area contributed by atoms with Gasteiger partial charge in [-0.15, -0.1) is 0 Å². The average Bonchev–Trinajstić information content (AvgIpc) is 2.97. The fourth-order valence-corrected chi connectivity index (χ4v) is 7.14. The smallest absolute Gasteiger partial charge is 0.0398 e. The largest absolute Gasteiger partial charge is 0.0839 e. The topological polar surface area (TPSA) is 0 Å². The zero-order chi connectivity index (χ0) is 29.6. The van der Waals surface area contributed by atoms with Gasteiger partial charge in [-0.2, -0.15) is 0 Å². The van der Waals surface area contributed by atoms with Gasteiger partial charge in [-0.25, -0.2) is 0 Å². The van der Waals surface area contributed by atoms with Crippen LogP contribution in [0.1, 0.15) is 188 Å². The molecule has 0 heterocycles. The van der Waals surface area contributed by atoms with E-state index in [9.17, 15) is 0 Å². The lowest BCUT2D eigenvalue weighted by atomic mass is 9.84. The van der Waals surface area contributed by atoms with Crippen molar-refractivity contribution in [2.24, 2.45) is 0 Å². The summed E-state index contributed by atoms with van der Waals surface area (Å²) < 4.78 is 0. The van der Waals surface area contributed by atoms with Crippen molar-refractivity contribution >= 4 is 31.9 Å². The Morgan fingerprint density at radius 3 is 1.00 bits per heavy atom. The van der Waals surface area contributed by atoms with Crippen LogP contribution in [0.2, 0.25) is 0 Å². The van der Waals surface area contributed by atoms with E-state index in [4.69, 9.17) is 0 Å². The van der Waals surface area contributed by atoms with Crippen LogP contribution in [0.3, 0.4) is 0 Å². The maximum atomic E-state index is 3.90. The molecule has 0 aliphatic heterocycles. The summed E-state index contributed by atoms with van der Waals surface area (Å²) in [5, 5.41) is 0. The van der Waals surface area contributed by atoms with E-state index in [-0.39, 0.29) is 0 Å².